The van der Waals surface area contributed by atoms with E-state index in [1.165, 1.54) is 28.6 Å². The fourth-order valence-corrected chi connectivity index (χ4v) is 4.99. The smallest absolute Gasteiger partial charge is 0.330 e. The normalized spacial score (nSPS) is 16.9. The number of hydrogen-bond donors (Lipinski definition) is 0. The maximum absolute atomic E-state index is 12.6. The molecule has 0 aliphatic carbocycles. The molecule has 2 aromatic rings. The summed E-state index contributed by atoms with van der Waals surface area (Å²) in [4.78, 5) is 37.8. The van der Waals surface area contributed by atoms with E-state index in [-0.39, 0.29) is 18.0 Å². The van der Waals surface area contributed by atoms with Crippen molar-refractivity contribution < 1.29 is 32.3 Å². The van der Waals surface area contributed by atoms with E-state index in [1.54, 1.807) is 36.4 Å². The summed E-state index contributed by atoms with van der Waals surface area (Å²) in [5, 5.41) is 0. The minimum absolute atomic E-state index is 0.0416. The van der Waals surface area contributed by atoms with Gasteiger partial charge in [0.1, 0.15) is 6.61 Å². The summed E-state index contributed by atoms with van der Waals surface area (Å²) in [5.41, 5.74) is 1.30. The van der Waals surface area contributed by atoms with Gasteiger partial charge in [-0.1, -0.05) is 24.3 Å². The minimum atomic E-state index is -3.58. The number of morpholine rings is 1. The van der Waals surface area contributed by atoms with Gasteiger partial charge >= 0.3 is 5.97 Å². The summed E-state index contributed by atoms with van der Waals surface area (Å²) in [6.45, 7) is 1.20. The minimum Gasteiger partial charge on any atom is -0.461 e. The number of imide groups is 1. The fraction of sp³-hybridized carbons (Fsp3) is 0.261. The van der Waals surface area contributed by atoms with Gasteiger partial charge in [-0.15, -0.1) is 0 Å². The average Bonchev–Trinajstić information content (AvgIpc) is 3.08. The maximum Gasteiger partial charge on any atom is 0.330 e. The molecule has 0 bridgehead atoms. The molecule has 10 heteroatoms. The van der Waals surface area contributed by atoms with Crippen LogP contribution in [-0.2, 0) is 24.3 Å². The summed E-state index contributed by atoms with van der Waals surface area (Å²) < 4.78 is 36.9. The highest BCUT2D eigenvalue weighted by molar-refractivity contribution is 7.89. The van der Waals surface area contributed by atoms with Crippen LogP contribution in [0.3, 0.4) is 0 Å². The van der Waals surface area contributed by atoms with Crippen LogP contribution in [0.1, 0.15) is 26.3 Å². The van der Waals surface area contributed by atoms with Gasteiger partial charge in [-0.3, -0.25) is 14.5 Å². The maximum atomic E-state index is 12.6. The highest BCUT2D eigenvalue weighted by Gasteiger charge is 2.34. The van der Waals surface area contributed by atoms with Crippen LogP contribution in [0, 0.1) is 0 Å². The molecule has 33 heavy (non-hydrogen) atoms. The predicted molar refractivity (Wildman–Crippen MR) is 118 cm³/mol. The molecule has 4 rings (SSSR count). The highest BCUT2D eigenvalue weighted by atomic mass is 32.2. The second kappa shape index (κ2) is 9.65. The molecule has 2 aliphatic rings. The molecule has 2 aromatic carbocycles. The zero-order chi connectivity index (χ0) is 23.4. The van der Waals surface area contributed by atoms with Gasteiger partial charge in [0.15, 0.2) is 0 Å². The van der Waals surface area contributed by atoms with Crippen molar-refractivity contribution in [2.24, 2.45) is 0 Å². The van der Waals surface area contributed by atoms with Gasteiger partial charge in [0.05, 0.1) is 35.8 Å². The molecular formula is C23H22N2O7S. The van der Waals surface area contributed by atoms with E-state index in [4.69, 9.17) is 9.47 Å². The topological polar surface area (TPSA) is 110 Å². The van der Waals surface area contributed by atoms with E-state index in [2.05, 4.69) is 0 Å². The van der Waals surface area contributed by atoms with Crippen molar-refractivity contribution in [2.75, 3.05) is 39.5 Å². The first-order valence-corrected chi connectivity index (χ1v) is 11.8. The van der Waals surface area contributed by atoms with Gasteiger partial charge in [-0.2, -0.15) is 4.31 Å². The Morgan fingerprint density at radius 2 is 1.58 bits per heavy atom. The van der Waals surface area contributed by atoms with Gasteiger partial charge in [0.25, 0.3) is 11.8 Å². The lowest BCUT2D eigenvalue weighted by Crippen LogP contribution is -2.40. The number of esters is 1. The number of rotatable bonds is 7. The van der Waals surface area contributed by atoms with Gasteiger partial charge in [-0.25, -0.2) is 13.2 Å². The number of ether oxygens (including phenoxy) is 2. The molecule has 0 atom stereocenters. The van der Waals surface area contributed by atoms with Crippen LogP contribution in [0.5, 0.6) is 0 Å². The number of carbonyl (C=O) groups is 3. The predicted octanol–water partition coefficient (Wildman–Crippen LogP) is 1.56. The number of amides is 2. The first-order valence-electron chi connectivity index (χ1n) is 10.4. The van der Waals surface area contributed by atoms with E-state index < -0.39 is 27.8 Å². The quantitative estimate of drug-likeness (QED) is 0.343. The number of benzene rings is 2. The summed E-state index contributed by atoms with van der Waals surface area (Å²) in [7, 11) is -3.58. The molecule has 0 spiro atoms. The van der Waals surface area contributed by atoms with Crippen LogP contribution in [0.2, 0.25) is 0 Å². The van der Waals surface area contributed by atoms with Crippen LogP contribution in [0.25, 0.3) is 6.08 Å². The molecule has 1 fully saturated rings. The van der Waals surface area contributed by atoms with E-state index in [1.807, 2.05) is 0 Å². The summed E-state index contributed by atoms with van der Waals surface area (Å²) >= 11 is 0. The number of hydrogen-bond acceptors (Lipinski definition) is 7. The Balaban J connectivity index is 1.29. The molecule has 2 aliphatic heterocycles. The number of sulfonamides is 1. The van der Waals surface area contributed by atoms with Crippen LogP contribution in [0.15, 0.2) is 59.5 Å². The number of nitrogens with zero attached hydrogens (tertiary/aromatic N) is 2. The second-order valence-electron chi connectivity index (χ2n) is 7.39. The van der Waals surface area contributed by atoms with E-state index in [9.17, 15) is 22.8 Å². The Labute approximate surface area is 191 Å². The highest BCUT2D eigenvalue weighted by Crippen LogP contribution is 2.22. The molecule has 0 radical (unpaired) electrons. The van der Waals surface area contributed by atoms with Crippen molar-refractivity contribution in [3.05, 3.63) is 71.3 Å². The zero-order valence-electron chi connectivity index (χ0n) is 17.7. The van der Waals surface area contributed by atoms with Gasteiger partial charge in [0.2, 0.25) is 10.0 Å². The molecule has 0 N–H and O–H groups in total. The van der Waals surface area contributed by atoms with Gasteiger partial charge in [0, 0.05) is 19.2 Å². The van der Waals surface area contributed by atoms with Crippen molar-refractivity contribution >= 4 is 33.9 Å². The van der Waals surface area contributed by atoms with Crippen LogP contribution in [-0.4, -0.2) is 74.9 Å². The van der Waals surface area contributed by atoms with Crippen molar-refractivity contribution in [2.45, 2.75) is 4.90 Å². The van der Waals surface area contributed by atoms with Crippen molar-refractivity contribution in [1.82, 2.24) is 9.21 Å². The third-order valence-corrected chi connectivity index (χ3v) is 7.25. The van der Waals surface area contributed by atoms with Crippen molar-refractivity contribution in [1.29, 1.82) is 0 Å². The largest absolute Gasteiger partial charge is 0.461 e. The lowest BCUT2D eigenvalue weighted by Gasteiger charge is -2.26. The first-order chi connectivity index (χ1) is 15.9. The molecule has 9 nitrogen and oxygen atoms in total. The van der Waals surface area contributed by atoms with E-state index >= 15 is 0 Å². The summed E-state index contributed by atoms with van der Waals surface area (Å²) in [5.74, 6) is -1.46. The van der Waals surface area contributed by atoms with Crippen LogP contribution >= 0.6 is 0 Å². The lowest BCUT2D eigenvalue weighted by atomic mass is 10.1. The average molecular weight is 471 g/mol. The molecule has 0 unspecified atom stereocenters. The number of carbonyl (C=O) groups excluding carboxylic acids is 3. The van der Waals surface area contributed by atoms with Crippen molar-refractivity contribution in [3.63, 3.8) is 0 Å². The zero-order valence-corrected chi connectivity index (χ0v) is 18.5. The second-order valence-corrected chi connectivity index (χ2v) is 9.33. The lowest BCUT2D eigenvalue weighted by molar-refractivity contribution is -0.137. The molecule has 2 heterocycles. The third kappa shape index (κ3) is 4.87. The Morgan fingerprint density at radius 3 is 2.18 bits per heavy atom. The first kappa shape index (κ1) is 22.8. The fourth-order valence-electron chi connectivity index (χ4n) is 3.58. The van der Waals surface area contributed by atoms with Crippen LogP contribution < -0.4 is 0 Å². The molecule has 2 amide bonds. The SMILES string of the molecule is O=C(C=Cc1ccc(S(=O)(=O)N2CCOCC2)cc1)OCCN1C(=O)c2ccccc2C1=O. The Morgan fingerprint density at radius 1 is 0.970 bits per heavy atom. The molecular weight excluding hydrogens is 448 g/mol. The van der Waals surface area contributed by atoms with E-state index in [0.717, 1.165) is 4.90 Å². The molecule has 0 saturated carbocycles. The molecule has 1 saturated heterocycles. The van der Waals surface area contributed by atoms with Gasteiger partial charge in [-0.05, 0) is 35.9 Å². The Hall–Kier alpha value is -3.34. The summed E-state index contributed by atoms with van der Waals surface area (Å²) in [6.07, 6.45) is 2.70. The van der Waals surface area contributed by atoms with E-state index in [0.29, 0.717) is 43.0 Å². The summed E-state index contributed by atoms with van der Waals surface area (Å²) in [6, 6.07) is 12.7. The third-order valence-electron chi connectivity index (χ3n) is 5.34. The Kier molecular flexibility index (Phi) is 6.68. The number of fused-ring (bicyclic) bond motifs is 1. The molecule has 172 valence electrons. The van der Waals surface area contributed by atoms with Crippen LogP contribution in [0.4, 0.5) is 0 Å². The van der Waals surface area contributed by atoms with Gasteiger partial charge < -0.3 is 9.47 Å². The van der Waals surface area contributed by atoms with Crippen molar-refractivity contribution in [3.8, 4) is 0 Å². The Bertz CT molecular complexity index is 1160. The molecule has 0 aromatic heterocycles. The standard InChI is InChI=1S/C23H22N2O7S/c26-21(32-16-13-25-22(27)19-3-1-2-4-20(19)23(25)28)10-7-17-5-8-18(9-6-17)33(29,30)24-11-14-31-15-12-24/h1-10H,11-16H2. The monoisotopic (exact) mass is 470 g/mol.